The third-order valence-corrected chi connectivity index (χ3v) is 16.4. The van der Waals surface area contributed by atoms with Crippen LogP contribution >= 0.6 is 0 Å². The molecule has 0 aromatic heterocycles. The van der Waals surface area contributed by atoms with Gasteiger partial charge in [-0.05, 0) is 55.4 Å². The molecule has 2 bridgehead atoms. The SMILES string of the molecule is C=CCOC(=O)[C@H]1[C@@H]2C[C@@H](O[C@@H]3O[C@H](C)[C@@H](O)[C@H](NC(=O)OCC4c5ccccc5-c5ccccc54)[C@@H]3O)C=CC=CC=CC=CC=CC=CC=C[C@H](C)[C@@H](O)[C@@H](C)[C@H](C)OC(=O)C[C@H](O)C[C@H](O)CC[C@@H](O)[C@H](O)C[C@H](O)C[C@](OCCO)(C[C@@H]1O)O2. The molecular formula is C67H91NO20. The minimum absolute atomic E-state index is 0.0534. The second-order valence-electron chi connectivity index (χ2n) is 23.1. The number of rotatable bonds is 11. The number of carbonyl (C=O) groups excluding carboxylic acids is 3. The summed E-state index contributed by atoms with van der Waals surface area (Å²) in [4.78, 5) is 40.4. The lowest BCUT2D eigenvalue weighted by Gasteiger charge is -2.47. The van der Waals surface area contributed by atoms with Gasteiger partial charge >= 0.3 is 18.0 Å². The van der Waals surface area contributed by atoms with Gasteiger partial charge in [0.25, 0.3) is 0 Å². The molecule has 3 heterocycles. The van der Waals surface area contributed by atoms with Crippen LogP contribution in [0.5, 0.6) is 0 Å². The van der Waals surface area contributed by atoms with Crippen molar-refractivity contribution in [3.63, 3.8) is 0 Å². The number of aliphatic hydroxyl groups excluding tert-OH is 10. The monoisotopic (exact) mass is 1230 g/mol. The number of ether oxygens (including phenoxy) is 7. The molecule has 3 aliphatic heterocycles. The Hall–Kier alpha value is -5.99. The Bertz CT molecular complexity index is 2700. The van der Waals surface area contributed by atoms with Gasteiger partial charge in [-0.1, -0.05) is 160 Å². The highest BCUT2D eigenvalue weighted by molar-refractivity contribution is 5.79. The van der Waals surface area contributed by atoms with E-state index < -0.39 is 160 Å². The first-order valence-corrected chi connectivity index (χ1v) is 30.3. The lowest BCUT2D eigenvalue weighted by molar-refractivity contribution is -0.326. The lowest BCUT2D eigenvalue weighted by atomic mass is 9.82. The van der Waals surface area contributed by atoms with Gasteiger partial charge in [0.05, 0.1) is 86.7 Å². The van der Waals surface area contributed by atoms with E-state index in [0.717, 1.165) is 22.3 Å². The second-order valence-corrected chi connectivity index (χ2v) is 23.1. The molecule has 88 heavy (non-hydrogen) atoms. The van der Waals surface area contributed by atoms with Gasteiger partial charge in [0, 0.05) is 43.4 Å². The minimum Gasteiger partial charge on any atom is -0.462 e. The fourth-order valence-corrected chi connectivity index (χ4v) is 11.5. The number of hydrogen-bond acceptors (Lipinski definition) is 20. The molecule has 11 N–H and O–H groups in total. The molecule has 21 nitrogen and oxygen atoms in total. The van der Waals surface area contributed by atoms with Crippen LogP contribution in [-0.2, 0) is 42.7 Å². The summed E-state index contributed by atoms with van der Waals surface area (Å²) < 4.78 is 42.0. The van der Waals surface area contributed by atoms with Crippen molar-refractivity contribution in [3.8, 4) is 11.1 Å². The van der Waals surface area contributed by atoms with Gasteiger partial charge in [0.15, 0.2) is 12.1 Å². The van der Waals surface area contributed by atoms with Gasteiger partial charge in [0.1, 0.15) is 37.4 Å². The first-order valence-electron chi connectivity index (χ1n) is 30.3. The molecule has 2 saturated heterocycles. The van der Waals surface area contributed by atoms with Crippen molar-refractivity contribution in [2.45, 2.75) is 182 Å². The molecule has 2 fully saturated rings. The number of amides is 1. The number of hydrogen-bond donors (Lipinski definition) is 11. The molecule has 0 unspecified atom stereocenters. The number of nitrogens with one attached hydrogen (secondary N) is 1. The topological polar surface area (TPSA) is 330 Å². The van der Waals surface area contributed by atoms with E-state index in [0.29, 0.717) is 0 Å². The minimum atomic E-state index is -1.98. The van der Waals surface area contributed by atoms with Crippen LogP contribution < -0.4 is 5.32 Å². The number of benzene rings is 2. The van der Waals surface area contributed by atoms with E-state index in [9.17, 15) is 65.4 Å². The van der Waals surface area contributed by atoms with E-state index in [2.05, 4.69) is 11.9 Å². The largest absolute Gasteiger partial charge is 0.462 e. The van der Waals surface area contributed by atoms with E-state index in [1.807, 2.05) is 79.8 Å². The van der Waals surface area contributed by atoms with Gasteiger partial charge in [-0.2, -0.15) is 0 Å². The zero-order chi connectivity index (χ0) is 63.9. The van der Waals surface area contributed by atoms with Crippen molar-refractivity contribution in [2.75, 3.05) is 26.4 Å². The Balaban J connectivity index is 1.26. The van der Waals surface area contributed by atoms with Crippen molar-refractivity contribution >= 4 is 18.0 Å². The van der Waals surface area contributed by atoms with Crippen LogP contribution in [0.3, 0.4) is 0 Å². The number of carbonyl (C=O) groups is 3. The fourth-order valence-electron chi connectivity index (χ4n) is 11.5. The summed E-state index contributed by atoms with van der Waals surface area (Å²) in [5.74, 6) is -6.13. The molecule has 2 aromatic carbocycles. The van der Waals surface area contributed by atoms with Crippen LogP contribution in [0.15, 0.2) is 146 Å². The van der Waals surface area contributed by atoms with Gasteiger partial charge < -0.3 is 89.5 Å². The molecular weight excluding hydrogens is 1140 g/mol. The molecule has 2 aromatic rings. The van der Waals surface area contributed by atoms with Crippen LogP contribution in [0.2, 0.25) is 0 Å². The van der Waals surface area contributed by atoms with Crippen LogP contribution in [-0.4, -0.2) is 193 Å². The Morgan fingerprint density at radius 3 is 1.89 bits per heavy atom. The molecule has 0 spiro atoms. The average molecular weight is 1230 g/mol. The summed E-state index contributed by atoms with van der Waals surface area (Å²) in [7, 11) is 0. The van der Waals surface area contributed by atoms with E-state index >= 15 is 0 Å². The average Bonchev–Trinajstić information content (AvgIpc) is 1.73. The van der Waals surface area contributed by atoms with E-state index in [1.54, 1.807) is 74.6 Å². The lowest BCUT2D eigenvalue weighted by Crippen LogP contribution is -2.64. The Labute approximate surface area is 515 Å². The number of esters is 2. The predicted molar refractivity (Wildman–Crippen MR) is 325 cm³/mol. The first-order chi connectivity index (χ1) is 42.1. The van der Waals surface area contributed by atoms with E-state index in [4.69, 9.17) is 33.2 Å². The molecule has 0 radical (unpaired) electrons. The van der Waals surface area contributed by atoms with Crippen molar-refractivity contribution < 1.29 is 98.6 Å². The zero-order valence-electron chi connectivity index (χ0n) is 50.5. The summed E-state index contributed by atoms with van der Waals surface area (Å²) in [6.45, 7) is 9.14. The van der Waals surface area contributed by atoms with Crippen LogP contribution in [0.1, 0.15) is 96.1 Å². The number of alkyl carbamates (subject to hydrolysis) is 1. The number of allylic oxidation sites excluding steroid dienone is 12. The summed E-state index contributed by atoms with van der Waals surface area (Å²) in [5.41, 5.74) is 4.00. The zero-order valence-corrected chi connectivity index (χ0v) is 50.5. The molecule has 484 valence electrons. The van der Waals surface area contributed by atoms with Crippen LogP contribution in [0.25, 0.3) is 11.1 Å². The highest BCUT2D eigenvalue weighted by atomic mass is 16.7. The molecule has 21 heteroatoms. The van der Waals surface area contributed by atoms with Crippen molar-refractivity contribution in [1.29, 1.82) is 0 Å². The third-order valence-electron chi connectivity index (χ3n) is 16.4. The quantitative estimate of drug-likeness (QED) is 0.0805. The Morgan fingerprint density at radius 2 is 1.27 bits per heavy atom. The maximum Gasteiger partial charge on any atom is 0.407 e. The third kappa shape index (κ3) is 20.8. The predicted octanol–water partition coefficient (Wildman–Crippen LogP) is 4.95. The van der Waals surface area contributed by atoms with Gasteiger partial charge in [-0.3, -0.25) is 9.59 Å². The molecule has 4 aliphatic rings. The number of cyclic esters (lactones) is 1. The van der Waals surface area contributed by atoms with Crippen molar-refractivity contribution in [1.82, 2.24) is 5.32 Å². The highest BCUT2D eigenvalue weighted by Crippen LogP contribution is 2.45. The molecule has 0 saturated carbocycles. The first kappa shape index (κ1) is 71.1. The van der Waals surface area contributed by atoms with Gasteiger partial charge in [-0.15, -0.1) is 0 Å². The van der Waals surface area contributed by atoms with Crippen molar-refractivity contribution in [3.05, 3.63) is 157 Å². The van der Waals surface area contributed by atoms with E-state index in [-0.39, 0.29) is 57.3 Å². The summed E-state index contributed by atoms with van der Waals surface area (Å²) >= 11 is 0. The Kier molecular flexibility index (Phi) is 28.6. The molecule has 6 rings (SSSR count). The summed E-state index contributed by atoms with van der Waals surface area (Å²) in [6, 6.07) is 14.2. The van der Waals surface area contributed by atoms with Crippen LogP contribution in [0, 0.1) is 17.8 Å². The second kappa shape index (κ2) is 35.4. The summed E-state index contributed by atoms with van der Waals surface area (Å²) in [6.07, 6.45) is 3.34. The normalized spacial score (nSPS) is 34.5. The van der Waals surface area contributed by atoms with Crippen LogP contribution in [0.4, 0.5) is 4.79 Å². The standard InChI is InChI=1S/C67H91NO20/c1-6-32-82-64(80)59-56(75)39-67(84-33-31-69)38-47(72)35-55(74)54(73)30-29-45(70)34-46(71)36-58(76)85-43(4)42(3)61(77)41(2)23-17-15-13-11-9-7-8-10-12-14-16-18-24-48(37-57(59)88-67)87-65-63(79)60(62(78)44(5)86-65)68-66(81)83-40-53-51-27-21-19-25-49(51)50-26-20-22-28-52(50)53/h6-28,41-48,53-57,59-63,65,69-75,77-79H,1,29-40H2,2-5H3,(H,68,81)/t41-,42-,43-,44+,45+,46+,47-,48-,54+,55+,56-,57-,59+,60-,61+,62+,63-,65-,67+/m0/s1. The smallest absolute Gasteiger partial charge is 0.407 e. The van der Waals surface area contributed by atoms with Crippen molar-refractivity contribution in [2.24, 2.45) is 17.8 Å². The fraction of sp³-hybridized carbons (Fsp3) is 0.537. The molecule has 19 atom stereocenters. The number of aliphatic hydroxyl groups is 10. The molecule has 1 amide bonds. The Morgan fingerprint density at radius 1 is 0.670 bits per heavy atom. The number of fused-ring (bicyclic) bond motifs is 5. The maximum absolute atomic E-state index is 13.9. The van der Waals surface area contributed by atoms with Gasteiger partial charge in [0.2, 0.25) is 0 Å². The maximum atomic E-state index is 13.9. The highest BCUT2D eigenvalue weighted by Gasteiger charge is 2.53. The van der Waals surface area contributed by atoms with E-state index in [1.165, 1.54) is 13.0 Å². The van der Waals surface area contributed by atoms with Gasteiger partial charge in [-0.25, -0.2) is 4.79 Å². The molecule has 1 aliphatic carbocycles. The summed E-state index contributed by atoms with van der Waals surface area (Å²) in [5, 5.41) is 114.